The molecular formula is C10H20N2O. The van der Waals surface area contributed by atoms with E-state index in [0.29, 0.717) is 12.0 Å². The molecule has 1 amide bonds. The standard InChI is InChI=1S/C10H20N2O/c1-4-10(2,3)8-5-12(6-8)7-9(11)13/h8H,4-7H2,1-3H3,(H2,11,13). The molecule has 3 heteroatoms. The molecule has 0 bridgehead atoms. The number of carbonyl (C=O) groups is 1. The lowest BCUT2D eigenvalue weighted by Gasteiger charge is -2.47. The van der Waals surface area contributed by atoms with Gasteiger partial charge in [0, 0.05) is 13.1 Å². The van der Waals surface area contributed by atoms with Gasteiger partial charge in [-0.2, -0.15) is 0 Å². The lowest BCUT2D eigenvalue weighted by Crippen LogP contribution is -2.54. The van der Waals surface area contributed by atoms with Crippen LogP contribution in [0.1, 0.15) is 27.2 Å². The van der Waals surface area contributed by atoms with Crippen molar-refractivity contribution in [1.29, 1.82) is 0 Å². The molecule has 0 saturated carbocycles. The maximum atomic E-state index is 10.6. The Morgan fingerprint density at radius 3 is 2.46 bits per heavy atom. The van der Waals surface area contributed by atoms with Gasteiger partial charge in [-0.1, -0.05) is 27.2 Å². The van der Waals surface area contributed by atoms with Crippen LogP contribution in [-0.2, 0) is 4.79 Å². The van der Waals surface area contributed by atoms with Crippen LogP contribution in [0.25, 0.3) is 0 Å². The van der Waals surface area contributed by atoms with E-state index in [2.05, 4.69) is 25.7 Å². The Morgan fingerprint density at radius 1 is 1.54 bits per heavy atom. The number of carbonyl (C=O) groups excluding carboxylic acids is 1. The number of rotatable bonds is 4. The van der Waals surface area contributed by atoms with Crippen LogP contribution >= 0.6 is 0 Å². The van der Waals surface area contributed by atoms with Gasteiger partial charge in [-0.25, -0.2) is 0 Å². The Labute approximate surface area is 80.3 Å². The smallest absolute Gasteiger partial charge is 0.231 e. The average Bonchev–Trinajstić information content (AvgIpc) is 1.95. The molecule has 3 nitrogen and oxygen atoms in total. The van der Waals surface area contributed by atoms with E-state index in [1.807, 2.05) is 0 Å². The number of hydrogen-bond donors (Lipinski definition) is 1. The van der Waals surface area contributed by atoms with Crippen LogP contribution in [0.4, 0.5) is 0 Å². The highest BCUT2D eigenvalue weighted by Crippen LogP contribution is 2.36. The van der Waals surface area contributed by atoms with Crippen molar-refractivity contribution in [2.45, 2.75) is 27.2 Å². The van der Waals surface area contributed by atoms with Crippen molar-refractivity contribution < 1.29 is 4.79 Å². The van der Waals surface area contributed by atoms with E-state index in [0.717, 1.165) is 19.0 Å². The van der Waals surface area contributed by atoms with Gasteiger partial charge >= 0.3 is 0 Å². The first-order valence-electron chi connectivity index (χ1n) is 4.96. The second kappa shape index (κ2) is 3.66. The van der Waals surface area contributed by atoms with E-state index in [-0.39, 0.29) is 5.91 Å². The minimum Gasteiger partial charge on any atom is -0.369 e. The fourth-order valence-electron chi connectivity index (χ4n) is 1.70. The summed E-state index contributed by atoms with van der Waals surface area (Å²) in [5.41, 5.74) is 5.52. The molecule has 0 radical (unpaired) electrons. The summed E-state index contributed by atoms with van der Waals surface area (Å²) in [6.45, 7) is 9.29. The van der Waals surface area contributed by atoms with Gasteiger partial charge in [-0.3, -0.25) is 9.69 Å². The van der Waals surface area contributed by atoms with Crippen molar-refractivity contribution in [3.8, 4) is 0 Å². The summed E-state index contributed by atoms with van der Waals surface area (Å²) in [6, 6.07) is 0. The summed E-state index contributed by atoms with van der Waals surface area (Å²) in [7, 11) is 0. The minimum absolute atomic E-state index is 0.215. The first-order valence-corrected chi connectivity index (χ1v) is 4.96. The summed E-state index contributed by atoms with van der Waals surface area (Å²) >= 11 is 0. The predicted molar refractivity (Wildman–Crippen MR) is 53.2 cm³/mol. The van der Waals surface area contributed by atoms with Crippen LogP contribution in [0, 0.1) is 11.3 Å². The quantitative estimate of drug-likeness (QED) is 0.703. The van der Waals surface area contributed by atoms with Gasteiger partial charge in [0.15, 0.2) is 0 Å². The van der Waals surface area contributed by atoms with Crippen LogP contribution in [0.15, 0.2) is 0 Å². The second-order valence-corrected chi connectivity index (χ2v) is 4.70. The first kappa shape index (κ1) is 10.5. The third-order valence-electron chi connectivity index (χ3n) is 3.35. The number of nitrogens with zero attached hydrogens (tertiary/aromatic N) is 1. The van der Waals surface area contributed by atoms with Gasteiger partial charge in [0.2, 0.25) is 5.91 Å². The SMILES string of the molecule is CCC(C)(C)C1CN(CC(N)=O)C1. The summed E-state index contributed by atoms with van der Waals surface area (Å²) in [4.78, 5) is 12.7. The maximum absolute atomic E-state index is 10.6. The summed E-state index contributed by atoms with van der Waals surface area (Å²) in [5.74, 6) is 0.518. The van der Waals surface area contributed by atoms with E-state index < -0.39 is 0 Å². The highest BCUT2D eigenvalue weighted by Gasteiger charge is 2.37. The van der Waals surface area contributed by atoms with Crippen molar-refractivity contribution in [3.63, 3.8) is 0 Å². The van der Waals surface area contributed by atoms with Gasteiger partial charge in [-0.15, -0.1) is 0 Å². The first-order chi connectivity index (χ1) is 5.95. The topological polar surface area (TPSA) is 46.3 Å². The normalized spacial score (nSPS) is 19.9. The molecular weight excluding hydrogens is 164 g/mol. The Hall–Kier alpha value is -0.570. The largest absolute Gasteiger partial charge is 0.369 e. The van der Waals surface area contributed by atoms with Crippen molar-refractivity contribution >= 4 is 5.91 Å². The van der Waals surface area contributed by atoms with Gasteiger partial charge in [0.1, 0.15) is 0 Å². The van der Waals surface area contributed by atoms with Gasteiger partial charge in [0.25, 0.3) is 0 Å². The fraction of sp³-hybridized carbons (Fsp3) is 0.900. The van der Waals surface area contributed by atoms with Gasteiger partial charge < -0.3 is 5.73 Å². The number of likely N-dealkylation sites (tertiary alicyclic amines) is 1. The van der Waals surface area contributed by atoms with E-state index in [9.17, 15) is 4.79 Å². The summed E-state index contributed by atoms with van der Waals surface area (Å²) in [5, 5.41) is 0. The van der Waals surface area contributed by atoms with Crippen LogP contribution in [0.3, 0.4) is 0 Å². The monoisotopic (exact) mass is 184 g/mol. The Bertz CT molecular complexity index is 195. The van der Waals surface area contributed by atoms with Crippen molar-refractivity contribution in [2.75, 3.05) is 19.6 Å². The molecule has 1 rings (SSSR count). The minimum atomic E-state index is -0.215. The molecule has 1 aliphatic rings. The Morgan fingerprint density at radius 2 is 2.08 bits per heavy atom. The Kier molecular flexibility index (Phi) is 2.96. The zero-order valence-corrected chi connectivity index (χ0v) is 8.84. The van der Waals surface area contributed by atoms with E-state index >= 15 is 0 Å². The number of nitrogens with two attached hydrogens (primary N) is 1. The Balaban J connectivity index is 2.29. The predicted octanol–water partition coefficient (Wildman–Crippen LogP) is 0.840. The van der Waals surface area contributed by atoms with E-state index in [1.165, 1.54) is 6.42 Å². The molecule has 1 aliphatic heterocycles. The van der Waals surface area contributed by atoms with E-state index in [4.69, 9.17) is 5.73 Å². The third kappa shape index (κ3) is 2.44. The number of primary amides is 1. The molecule has 1 fully saturated rings. The van der Waals surface area contributed by atoms with Crippen LogP contribution in [0.5, 0.6) is 0 Å². The van der Waals surface area contributed by atoms with Crippen LogP contribution in [-0.4, -0.2) is 30.4 Å². The third-order valence-corrected chi connectivity index (χ3v) is 3.35. The number of hydrogen-bond acceptors (Lipinski definition) is 2. The molecule has 0 aromatic rings. The highest BCUT2D eigenvalue weighted by molar-refractivity contribution is 5.76. The van der Waals surface area contributed by atoms with Gasteiger partial charge in [-0.05, 0) is 11.3 Å². The molecule has 0 aromatic heterocycles. The molecule has 1 heterocycles. The van der Waals surface area contributed by atoms with Crippen molar-refractivity contribution in [2.24, 2.45) is 17.1 Å². The summed E-state index contributed by atoms with van der Waals surface area (Å²) < 4.78 is 0. The molecule has 13 heavy (non-hydrogen) atoms. The highest BCUT2D eigenvalue weighted by atomic mass is 16.1. The molecule has 76 valence electrons. The zero-order valence-electron chi connectivity index (χ0n) is 8.84. The average molecular weight is 184 g/mol. The van der Waals surface area contributed by atoms with Crippen LogP contribution in [0.2, 0.25) is 0 Å². The molecule has 0 aromatic carbocycles. The lowest BCUT2D eigenvalue weighted by molar-refractivity contribution is -0.121. The number of amides is 1. The molecule has 0 atom stereocenters. The van der Waals surface area contributed by atoms with Crippen molar-refractivity contribution in [1.82, 2.24) is 4.90 Å². The second-order valence-electron chi connectivity index (χ2n) is 4.70. The van der Waals surface area contributed by atoms with E-state index in [1.54, 1.807) is 0 Å². The molecule has 0 aliphatic carbocycles. The molecule has 2 N–H and O–H groups in total. The lowest BCUT2D eigenvalue weighted by atomic mass is 9.72. The van der Waals surface area contributed by atoms with Crippen molar-refractivity contribution in [3.05, 3.63) is 0 Å². The fourth-order valence-corrected chi connectivity index (χ4v) is 1.70. The summed E-state index contributed by atoms with van der Waals surface area (Å²) in [6.07, 6.45) is 1.20. The molecule has 1 saturated heterocycles. The van der Waals surface area contributed by atoms with Crippen LogP contribution < -0.4 is 5.73 Å². The molecule has 0 unspecified atom stereocenters. The maximum Gasteiger partial charge on any atom is 0.231 e. The zero-order chi connectivity index (χ0) is 10.1. The molecule has 0 spiro atoms. The van der Waals surface area contributed by atoms with Gasteiger partial charge in [0.05, 0.1) is 6.54 Å².